The molecule has 0 aliphatic carbocycles. The second-order valence-electron chi connectivity index (χ2n) is 5.83. The number of aryl methyl sites for hydroxylation is 1. The van der Waals surface area contributed by atoms with Crippen molar-refractivity contribution in [2.24, 2.45) is 0 Å². The van der Waals surface area contributed by atoms with E-state index in [1.807, 2.05) is 31.2 Å². The monoisotopic (exact) mass is 345 g/mol. The summed E-state index contributed by atoms with van der Waals surface area (Å²) in [5.74, 6) is -0.490. The quantitative estimate of drug-likeness (QED) is 0.802. The molecule has 1 aliphatic heterocycles. The van der Waals surface area contributed by atoms with Gasteiger partial charge >= 0.3 is 5.97 Å². The number of benzene rings is 2. The third-order valence-corrected chi connectivity index (χ3v) is 6.24. The minimum Gasteiger partial charge on any atom is -0.465 e. The third kappa shape index (κ3) is 2.78. The minimum absolute atomic E-state index is 0.120. The molecule has 0 saturated heterocycles. The Morgan fingerprint density at radius 1 is 1.12 bits per heavy atom. The van der Waals surface area contributed by atoms with E-state index in [0.29, 0.717) is 5.56 Å². The molecule has 3 rings (SSSR count). The predicted octanol–water partition coefficient (Wildman–Crippen LogP) is 3.00. The molecule has 126 valence electrons. The number of hydrogen-bond donors (Lipinski definition) is 0. The van der Waals surface area contributed by atoms with Gasteiger partial charge in [0.2, 0.25) is 0 Å². The molecule has 0 aromatic heterocycles. The van der Waals surface area contributed by atoms with E-state index in [2.05, 4.69) is 4.74 Å². The average Bonchev–Trinajstić information content (AvgIpc) is 2.60. The number of fused-ring (bicyclic) bond motifs is 1. The van der Waals surface area contributed by atoms with Crippen LogP contribution in [-0.2, 0) is 21.2 Å². The summed E-state index contributed by atoms with van der Waals surface area (Å²) in [7, 11) is -2.40. The Bertz CT molecular complexity index is 859. The van der Waals surface area contributed by atoms with Crippen molar-refractivity contribution in [3.8, 4) is 0 Å². The van der Waals surface area contributed by atoms with Crippen LogP contribution in [0.2, 0.25) is 0 Å². The van der Waals surface area contributed by atoms with Gasteiger partial charge in [-0.05, 0) is 55.7 Å². The van der Waals surface area contributed by atoms with E-state index in [0.717, 1.165) is 24.1 Å². The first-order valence-corrected chi connectivity index (χ1v) is 9.20. The van der Waals surface area contributed by atoms with Gasteiger partial charge in [0.25, 0.3) is 10.0 Å². The molecule has 2 aromatic rings. The van der Waals surface area contributed by atoms with Crippen LogP contribution < -0.4 is 4.31 Å². The number of nitrogens with zero attached hydrogens (tertiary/aromatic N) is 1. The molecule has 0 radical (unpaired) electrons. The fourth-order valence-corrected chi connectivity index (χ4v) is 4.74. The summed E-state index contributed by atoms with van der Waals surface area (Å²) >= 11 is 0. The zero-order valence-electron chi connectivity index (χ0n) is 13.6. The number of sulfonamides is 1. The zero-order chi connectivity index (χ0) is 17.3. The van der Waals surface area contributed by atoms with Crippen molar-refractivity contribution < 1.29 is 17.9 Å². The van der Waals surface area contributed by atoms with E-state index < -0.39 is 16.0 Å². The second kappa shape index (κ2) is 6.28. The topological polar surface area (TPSA) is 63.7 Å². The van der Waals surface area contributed by atoms with Gasteiger partial charge in [-0.2, -0.15) is 0 Å². The lowest BCUT2D eigenvalue weighted by Gasteiger charge is -2.36. The number of methoxy groups -OCH3 is 1. The van der Waals surface area contributed by atoms with Crippen LogP contribution in [0.25, 0.3) is 0 Å². The maximum atomic E-state index is 13.1. The van der Waals surface area contributed by atoms with Crippen LogP contribution in [0.4, 0.5) is 5.69 Å². The standard InChI is InChI=1S/C18H19NO4S/c1-13-7-8-14-5-3-4-6-17(14)19(13)24(21,22)16-11-9-15(10-12-16)18(20)23-2/h3-6,9-13H,7-8H2,1-2H3. The Kier molecular flexibility index (Phi) is 4.32. The predicted molar refractivity (Wildman–Crippen MR) is 91.7 cm³/mol. The van der Waals surface area contributed by atoms with Crippen LogP contribution in [0.15, 0.2) is 53.4 Å². The summed E-state index contributed by atoms with van der Waals surface area (Å²) in [4.78, 5) is 11.7. The van der Waals surface area contributed by atoms with E-state index in [4.69, 9.17) is 0 Å². The summed E-state index contributed by atoms with van der Waals surface area (Å²) < 4.78 is 32.4. The van der Waals surface area contributed by atoms with Gasteiger partial charge in [0.05, 0.1) is 23.3 Å². The Labute approximate surface area is 141 Å². The molecule has 0 N–H and O–H groups in total. The number of ether oxygens (including phenoxy) is 1. The van der Waals surface area contributed by atoms with Crippen molar-refractivity contribution in [2.75, 3.05) is 11.4 Å². The number of carbonyl (C=O) groups is 1. The van der Waals surface area contributed by atoms with Crippen LogP contribution in [-0.4, -0.2) is 27.5 Å². The van der Waals surface area contributed by atoms with Crippen LogP contribution in [0.1, 0.15) is 29.3 Å². The number of para-hydroxylation sites is 1. The van der Waals surface area contributed by atoms with Gasteiger partial charge in [-0.15, -0.1) is 0 Å². The highest BCUT2D eigenvalue weighted by Crippen LogP contribution is 2.35. The molecule has 0 amide bonds. The number of hydrogen-bond acceptors (Lipinski definition) is 4. The van der Waals surface area contributed by atoms with Crippen molar-refractivity contribution in [3.63, 3.8) is 0 Å². The van der Waals surface area contributed by atoms with Crippen LogP contribution in [0.3, 0.4) is 0 Å². The number of rotatable bonds is 3. The van der Waals surface area contributed by atoms with Gasteiger partial charge in [0, 0.05) is 6.04 Å². The lowest BCUT2D eigenvalue weighted by Crippen LogP contribution is -2.42. The molecule has 0 bridgehead atoms. The van der Waals surface area contributed by atoms with Gasteiger partial charge in [0.15, 0.2) is 0 Å². The third-order valence-electron chi connectivity index (χ3n) is 4.29. The molecule has 6 heteroatoms. The van der Waals surface area contributed by atoms with Crippen LogP contribution >= 0.6 is 0 Å². The van der Waals surface area contributed by atoms with Gasteiger partial charge in [-0.1, -0.05) is 18.2 Å². The Morgan fingerprint density at radius 3 is 2.46 bits per heavy atom. The smallest absolute Gasteiger partial charge is 0.337 e. The Balaban J connectivity index is 2.03. The molecule has 1 unspecified atom stereocenters. The number of anilines is 1. The summed E-state index contributed by atoms with van der Waals surface area (Å²) in [5, 5.41) is 0. The molecule has 0 fully saturated rings. The Morgan fingerprint density at radius 2 is 1.79 bits per heavy atom. The second-order valence-corrected chi connectivity index (χ2v) is 7.65. The van der Waals surface area contributed by atoms with Crippen molar-refractivity contribution in [1.29, 1.82) is 0 Å². The molecule has 2 aromatic carbocycles. The molecule has 0 spiro atoms. The molecule has 5 nitrogen and oxygen atoms in total. The van der Waals surface area contributed by atoms with Gasteiger partial charge in [-0.25, -0.2) is 13.2 Å². The number of carbonyl (C=O) groups excluding carboxylic acids is 1. The molecule has 1 heterocycles. The first kappa shape index (κ1) is 16.5. The number of esters is 1. The lowest BCUT2D eigenvalue weighted by molar-refractivity contribution is 0.0600. The fourth-order valence-electron chi connectivity index (χ4n) is 3.02. The first-order chi connectivity index (χ1) is 11.4. The molecular formula is C18H19NO4S. The molecule has 1 atom stereocenters. The van der Waals surface area contributed by atoms with E-state index in [1.54, 1.807) is 0 Å². The highest BCUT2D eigenvalue weighted by Gasteiger charge is 2.33. The molecule has 1 aliphatic rings. The zero-order valence-corrected chi connectivity index (χ0v) is 14.4. The van der Waals surface area contributed by atoms with Gasteiger partial charge < -0.3 is 4.74 Å². The van der Waals surface area contributed by atoms with Crippen LogP contribution in [0.5, 0.6) is 0 Å². The van der Waals surface area contributed by atoms with Gasteiger partial charge in [-0.3, -0.25) is 4.31 Å². The van der Waals surface area contributed by atoms with Crippen LogP contribution in [0, 0.1) is 0 Å². The Hall–Kier alpha value is -2.34. The summed E-state index contributed by atoms with van der Waals surface area (Å²) in [6.07, 6.45) is 1.64. The highest BCUT2D eigenvalue weighted by atomic mass is 32.2. The van der Waals surface area contributed by atoms with E-state index in [9.17, 15) is 13.2 Å². The van der Waals surface area contributed by atoms with E-state index in [1.165, 1.54) is 35.7 Å². The largest absolute Gasteiger partial charge is 0.465 e. The highest BCUT2D eigenvalue weighted by molar-refractivity contribution is 7.92. The minimum atomic E-state index is -3.69. The van der Waals surface area contributed by atoms with E-state index in [-0.39, 0.29) is 10.9 Å². The first-order valence-electron chi connectivity index (χ1n) is 7.76. The van der Waals surface area contributed by atoms with Gasteiger partial charge in [0.1, 0.15) is 0 Å². The summed E-state index contributed by atoms with van der Waals surface area (Å²) in [5.41, 5.74) is 2.09. The summed E-state index contributed by atoms with van der Waals surface area (Å²) in [6, 6.07) is 13.3. The van der Waals surface area contributed by atoms with Crippen molar-refractivity contribution in [2.45, 2.75) is 30.7 Å². The van der Waals surface area contributed by atoms with Crippen molar-refractivity contribution in [3.05, 3.63) is 59.7 Å². The van der Waals surface area contributed by atoms with E-state index >= 15 is 0 Å². The fraction of sp³-hybridized carbons (Fsp3) is 0.278. The molecule has 0 saturated carbocycles. The lowest BCUT2D eigenvalue weighted by atomic mass is 9.99. The maximum absolute atomic E-state index is 13.1. The van der Waals surface area contributed by atoms with Crippen molar-refractivity contribution in [1.82, 2.24) is 0 Å². The normalized spacial score (nSPS) is 17.2. The molecule has 24 heavy (non-hydrogen) atoms. The van der Waals surface area contributed by atoms with Crippen molar-refractivity contribution >= 4 is 21.7 Å². The molecular weight excluding hydrogens is 326 g/mol. The maximum Gasteiger partial charge on any atom is 0.337 e. The summed E-state index contributed by atoms with van der Waals surface area (Å²) in [6.45, 7) is 1.91. The SMILES string of the molecule is COC(=O)c1ccc(S(=O)(=O)N2c3ccccc3CCC2C)cc1. The average molecular weight is 345 g/mol.